The highest BCUT2D eigenvalue weighted by Crippen LogP contribution is 2.27. The molecule has 1 N–H and O–H groups in total. The summed E-state index contributed by atoms with van der Waals surface area (Å²) in [5.41, 5.74) is 3.99. The molecular formula is C13H19NO. The first-order valence-corrected chi connectivity index (χ1v) is 5.52. The Labute approximate surface area is 91.6 Å². The molecule has 0 aliphatic carbocycles. The molecule has 0 spiro atoms. The predicted molar refractivity (Wildman–Crippen MR) is 62.1 cm³/mol. The van der Waals surface area contributed by atoms with E-state index in [0.29, 0.717) is 0 Å². The van der Waals surface area contributed by atoms with Gasteiger partial charge >= 0.3 is 0 Å². The second-order valence-electron chi connectivity index (χ2n) is 4.63. The number of nitrogens with one attached hydrogen (secondary N) is 1. The van der Waals surface area contributed by atoms with Gasteiger partial charge < -0.3 is 10.1 Å². The summed E-state index contributed by atoms with van der Waals surface area (Å²) in [6.07, 6.45) is 0. The lowest BCUT2D eigenvalue weighted by Gasteiger charge is -2.36. The van der Waals surface area contributed by atoms with Gasteiger partial charge in [0, 0.05) is 6.54 Å². The van der Waals surface area contributed by atoms with Crippen LogP contribution < -0.4 is 5.32 Å². The Morgan fingerprint density at radius 3 is 2.80 bits per heavy atom. The number of benzene rings is 1. The second-order valence-corrected chi connectivity index (χ2v) is 4.63. The molecule has 2 nitrogen and oxygen atoms in total. The summed E-state index contributed by atoms with van der Waals surface area (Å²) >= 11 is 0. The van der Waals surface area contributed by atoms with Crippen molar-refractivity contribution < 1.29 is 4.74 Å². The average Bonchev–Trinajstić information content (AvgIpc) is 2.23. The highest BCUT2D eigenvalue weighted by atomic mass is 16.5. The van der Waals surface area contributed by atoms with Crippen molar-refractivity contribution in [1.29, 1.82) is 0 Å². The van der Waals surface area contributed by atoms with E-state index in [1.54, 1.807) is 0 Å². The van der Waals surface area contributed by atoms with Crippen molar-refractivity contribution in [3.05, 3.63) is 34.9 Å². The molecule has 1 aliphatic heterocycles. The molecule has 1 aliphatic rings. The van der Waals surface area contributed by atoms with Gasteiger partial charge in [0.05, 0.1) is 18.8 Å². The fourth-order valence-corrected chi connectivity index (χ4v) is 2.23. The van der Waals surface area contributed by atoms with E-state index in [0.717, 1.165) is 19.8 Å². The summed E-state index contributed by atoms with van der Waals surface area (Å²) in [5, 5.41) is 3.55. The number of ether oxygens (including phenoxy) is 1. The molecule has 1 atom stereocenters. The van der Waals surface area contributed by atoms with Gasteiger partial charge in [0.1, 0.15) is 0 Å². The summed E-state index contributed by atoms with van der Waals surface area (Å²) in [7, 11) is 0. The van der Waals surface area contributed by atoms with Gasteiger partial charge in [-0.05, 0) is 31.9 Å². The van der Waals surface area contributed by atoms with Crippen LogP contribution in [0.4, 0.5) is 0 Å². The maximum absolute atomic E-state index is 5.57. The molecule has 0 bridgehead atoms. The summed E-state index contributed by atoms with van der Waals surface area (Å²) in [4.78, 5) is 0. The maximum Gasteiger partial charge on any atom is 0.0688 e. The quantitative estimate of drug-likeness (QED) is 0.758. The van der Waals surface area contributed by atoms with Crippen LogP contribution in [0.5, 0.6) is 0 Å². The standard InChI is InChI=1S/C13H19NO/c1-10-4-5-11(2)12(8-10)13(3)9-15-7-6-14-13/h4-5,8,14H,6-7,9H2,1-3H3. The zero-order chi connectivity index (χ0) is 10.9. The van der Waals surface area contributed by atoms with E-state index < -0.39 is 0 Å². The van der Waals surface area contributed by atoms with Gasteiger partial charge in [-0.2, -0.15) is 0 Å². The Morgan fingerprint density at radius 2 is 2.13 bits per heavy atom. The summed E-state index contributed by atoms with van der Waals surface area (Å²) in [5.74, 6) is 0. The van der Waals surface area contributed by atoms with Crippen molar-refractivity contribution in [2.45, 2.75) is 26.3 Å². The minimum absolute atomic E-state index is 0.0195. The van der Waals surface area contributed by atoms with Crippen molar-refractivity contribution in [2.75, 3.05) is 19.8 Å². The van der Waals surface area contributed by atoms with Crippen molar-refractivity contribution in [1.82, 2.24) is 5.32 Å². The Morgan fingerprint density at radius 1 is 1.33 bits per heavy atom. The van der Waals surface area contributed by atoms with Gasteiger partial charge in [-0.3, -0.25) is 0 Å². The molecule has 2 rings (SSSR count). The van der Waals surface area contributed by atoms with Gasteiger partial charge in [0.15, 0.2) is 0 Å². The molecule has 1 aromatic rings. The van der Waals surface area contributed by atoms with Crippen LogP contribution in [-0.4, -0.2) is 19.8 Å². The fourth-order valence-electron chi connectivity index (χ4n) is 2.23. The molecule has 2 heteroatoms. The maximum atomic E-state index is 5.57. The number of hydrogen-bond acceptors (Lipinski definition) is 2. The highest BCUT2D eigenvalue weighted by molar-refractivity contribution is 5.36. The average molecular weight is 205 g/mol. The van der Waals surface area contributed by atoms with Gasteiger partial charge in [0.2, 0.25) is 0 Å². The summed E-state index contributed by atoms with van der Waals surface area (Å²) in [6, 6.07) is 6.61. The van der Waals surface area contributed by atoms with E-state index >= 15 is 0 Å². The lowest BCUT2D eigenvalue weighted by Crippen LogP contribution is -2.49. The number of hydrogen-bond donors (Lipinski definition) is 1. The van der Waals surface area contributed by atoms with Crippen LogP contribution in [0.25, 0.3) is 0 Å². The smallest absolute Gasteiger partial charge is 0.0688 e. The van der Waals surface area contributed by atoms with Gasteiger partial charge in [-0.1, -0.05) is 23.8 Å². The summed E-state index contributed by atoms with van der Waals surface area (Å²) < 4.78 is 5.57. The topological polar surface area (TPSA) is 21.3 Å². The minimum atomic E-state index is -0.0195. The van der Waals surface area contributed by atoms with E-state index in [9.17, 15) is 0 Å². The second kappa shape index (κ2) is 3.95. The zero-order valence-electron chi connectivity index (χ0n) is 9.76. The van der Waals surface area contributed by atoms with Crippen LogP contribution in [0.1, 0.15) is 23.6 Å². The van der Waals surface area contributed by atoms with Crippen molar-refractivity contribution in [2.24, 2.45) is 0 Å². The number of morpholine rings is 1. The first kappa shape index (κ1) is 10.7. The first-order chi connectivity index (χ1) is 7.12. The van der Waals surface area contributed by atoms with E-state index in [1.165, 1.54) is 16.7 Å². The van der Waals surface area contributed by atoms with Crippen LogP contribution >= 0.6 is 0 Å². The van der Waals surface area contributed by atoms with Gasteiger partial charge in [0.25, 0.3) is 0 Å². The Kier molecular flexibility index (Phi) is 2.81. The van der Waals surface area contributed by atoms with Crippen LogP contribution in [0.3, 0.4) is 0 Å². The normalized spacial score (nSPS) is 26.6. The third-order valence-corrected chi connectivity index (χ3v) is 3.14. The van der Waals surface area contributed by atoms with Crippen molar-refractivity contribution >= 4 is 0 Å². The fraction of sp³-hybridized carbons (Fsp3) is 0.538. The molecule has 0 amide bonds. The molecule has 1 saturated heterocycles. The highest BCUT2D eigenvalue weighted by Gasteiger charge is 2.30. The monoisotopic (exact) mass is 205 g/mol. The van der Waals surface area contributed by atoms with Crippen LogP contribution in [0, 0.1) is 13.8 Å². The van der Waals surface area contributed by atoms with Crippen LogP contribution in [0.2, 0.25) is 0 Å². The predicted octanol–water partition coefficient (Wildman–Crippen LogP) is 2.14. The molecule has 0 saturated carbocycles. The lowest BCUT2D eigenvalue weighted by molar-refractivity contribution is 0.0336. The molecule has 0 aromatic heterocycles. The van der Waals surface area contributed by atoms with Crippen molar-refractivity contribution in [3.8, 4) is 0 Å². The third kappa shape index (κ3) is 2.06. The molecule has 15 heavy (non-hydrogen) atoms. The molecule has 1 aromatic carbocycles. The lowest BCUT2D eigenvalue weighted by atomic mass is 9.87. The van der Waals surface area contributed by atoms with Crippen molar-refractivity contribution in [3.63, 3.8) is 0 Å². The number of rotatable bonds is 1. The van der Waals surface area contributed by atoms with E-state index in [1.807, 2.05) is 0 Å². The molecule has 82 valence electrons. The van der Waals surface area contributed by atoms with Gasteiger partial charge in [-0.15, -0.1) is 0 Å². The number of aryl methyl sites for hydroxylation is 2. The minimum Gasteiger partial charge on any atom is -0.378 e. The SMILES string of the molecule is Cc1ccc(C)c(C2(C)COCCN2)c1. The third-order valence-electron chi connectivity index (χ3n) is 3.14. The first-order valence-electron chi connectivity index (χ1n) is 5.52. The van der Waals surface area contributed by atoms with Crippen LogP contribution in [-0.2, 0) is 10.3 Å². The molecule has 0 radical (unpaired) electrons. The van der Waals surface area contributed by atoms with Crippen LogP contribution in [0.15, 0.2) is 18.2 Å². The molecule has 1 unspecified atom stereocenters. The molecular weight excluding hydrogens is 186 g/mol. The van der Waals surface area contributed by atoms with E-state index in [2.05, 4.69) is 44.3 Å². The summed E-state index contributed by atoms with van der Waals surface area (Å²) in [6.45, 7) is 9.03. The zero-order valence-corrected chi connectivity index (χ0v) is 9.76. The van der Waals surface area contributed by atoms with Gasteiger partial charge in [-0.25, -0.2) is 0 Å². The molecule has 1 fully saturated rings. The van der Waals surface area contributed by atoms with E-state index in [4.69, 9.17) is 4.74 Å². The largest absolute Gasteiger partial charge is 0.378 e. The molecule has 1 heterocycles. The Balaban J connectivity index is 2.38. The Bertz CT molecular complexity index is 354. The van der Waals surface area contributed by atoms with E-state index in [-0.39, 0.29) is 5.54 Å². The Hall–Kier alpha value is -0.860.